The van der Waals surface area contributed by atoms with Crippen LogP contribution in [0.4, 0.5) is 0 Å². The third kappa shape index (κ3) is 2.99. The first-order valence-corrected chi connectivity index (χ1v) is 6.52. The van der Waals surface area contributed by atoms with E-state index in [1.807, 2.05) is 37.3 Å². The zero-order valence-corrected chi connectivity index (χ0v) is 12.6. The molecular weight excluding hydrogens is 268 g/mol. The molecular formula is C17H18O4. The Kier molecular flexibility index (Phi) is 4.48. The third-order valence-electron chi connectivity index (χ3n) is 3.36. The summed E-state index contributed by atoms with van der Waals surface area (Å²) in [5.74, 6) is 1.01. The first-order valence-electron chi connectivity index (χ1n) is 6.52. The van der Waals surface area contributed by atoms with Crippen molar-refractivity contribution in [1.29, 1.82) is 0 Å². The second-order valence-electron chi connectivity index (χ2n) is 4.58. The van der Waals surface area contributed by atoms with Crippen LogP contribution in [0.1, 0.15) is 15.9 Å². The number of carbonyl (C=O) groups is 1. The highest BCUT2D eigenvalue weighted by Gasteiger charge is 2.16. The number of hydrogen-bond donors (Lipinski definition) is 0. The van der Waals surface area contributed by atoms with Crippen LogP contribution in [-0.4, -0.2) is 27.3 Å². The number of benzene rings is 2. The van der Waals surface area contributed by atoms with E-state index in [-0.39, 0.29) is 5.97 Å². The Hall–Kier alpha value is -2.49. The number of aryl methyl sites for hydroxylation is 1. The predicted octanol–water partition coefficient (Wildman–Crippen LogP) is 3.47. The molecule has 21 heavy (non-hydrogen) atoms. The van der Waals surface area contributed by atoms with Gasteiger partial charge in [0.2, 0.25) is 0 Å². The molecule has 0 fully saturated rings. The largest absolute Gasteiger partial charge is 0.497 e. The van der Waals surface area contributed by atoms with Gasteiger partial charge in [-0.1, -0.05) is 6.07 Å². The van der Waals surface area contributed by atoms with Crippen LogP contribution in [0.15, 0.2) is 36.4 Å². The minimum Gasteiger partial charge on any atom is -0.497 e. The Bertz CT molecular complexity index is 662. The Morgan fingerprint density at radius 1 is 0.857 bits per heavy atom. The molecule has 0 saturated heterocycles. The number of esters is 1. The van der Waals surface area contributed by atoms with E-state index in [2.05, 4.69) is 0 Å². The van der Waals surface area contributed by atoms with E-state index < -0.39 is 0 Å². The van der Waals surface area contributed by atoms with Crippen molar-refractivity contribution in [3.63, 3.8) is 0 Å². The van der Waals surface area contributed by atoms with E-state index in [1.165, 1.54) is 7.11 Å². The summed E-state index contributed by atoms with van der Waals surface area (Å²) in [5.41, 5.74) is 3.26. The maximum Gasteiger partial charge on any atom is 0.338 e. The standard InChI is InChI=1S/C17H18O4/c1-11-9-12(19-2)5-7-14(11)15-8-6-13(20-3)10-16(15)17(18)21-4/h5-10H,1-4H3. The smallest absolute Gasteiger partial charge is 0.338 e. The molecule has 0 spiro atoms. The average molecular weight is 286 g/mol. The lowest BCUT2D eigenvalue weighted by Gasteiger charge is -2.13. The van der Waals surface area contributed by atoms with Crippen molar-refractivity contribution < 1.29 is 19.0 Å². The van der Waals surface area contributed by atoms with E-state index in [0.29, 0.717) is 11.3 Å². The third-order valence-corrected chi connectivity index (χ3v) is 3.36. The maximum absolute atomic E-state index is 12.0. The Labute approximate surface area is 124 Å². The molecule has 4 nitrogen and oxygen atoms in total. The number of carbonyl (C=O) groups excluding carboxylic acids is 1. The number of hydrogen-bond acceptors (Lipinski definition) is 4. The van der Waals surface area contributed by atoms with Gasteiger partial charge < -0.3 is 14.2 Å². The zero-order chi connectivity index (χ0) is 15.4. The fourth-order valence-electron chi connectivity index (χ4n) is 2.23. The lowest BCUT2D eigenvalue weighted by Crippen LogP contribution is -2.04. The summed E-state index contributed by atoms with van der Waals surface area (Å²) < 4.78 is 15.3. The summed E-state index contributed by atoms with van der Waals surface area (Å²) in [6, 6.07) is 11.1. The van der Waals surface area contributed by atoms with Gasteiger partial charge in [0.05, 0.1) is 26.9 Å². The molecule has 0 N–H and O–H groups in total. The molecule has 0 saturated carbocycles. The first kappa shape index (κ1) is 14.9. The topological polar surface area (TPSA) is 44.8 Å². The molecule has 4 heteroatoms. The van der Waals surface area contributed by atoms with Crippen LogP contribution in [0.3, 0.4) is 0 Å². The van der Waals surface area contributed by atoms with Crippen molar-refractivity contribution in [3.8, 4) is 22.6 Å². The number of ether oxygens (including phenoxy) is 3. The lowest BCUT2D eigenvalue weighted by atomic mass is 9.95. The van der Waals surface area contributed by atoms with Gasteiger partial charge >= 0.3 is 5.97 Å². The average Bonchev–Trinajstić information content (AvgIpc) is 2.53. The van der Waals surface area contributed by atoms with Crippen LogP contribution in [0, 0.1) is 6.92 Å². The van der Waals surface area contributed by atoms with Gasteiger partial charge in [-0.15, -0.1) is 0 Å². The van der Waals surface area contributed by atoms with Gasteiger partial charge in [-0.05, 0) is 53.9 Å². The zero-order valence-electron chi connectivity index (χ0n) is 12.6. The Balaban J connectivity index is 2.60. The van der Waals surface area contributed by atoms with E-state index in [1.54, 1.807) is 20.3 Å². The number of rotatable bonds is 4. The molecule has 0 radical (unpaired) electrons. The monoisotopic (exact) mass is 286 g/mol. The molecule has 0 aromatic heterocycles. The molecule has 2 aromatic carbocycles. The molecule has 0 aliphatic rings. The first-order chi connectivity index (χ1) is 10.1. The van der Waals surface area contributed by atoms with Crippen molar-refractivity contribution in [2.75, 3.05) is 21.3 Å². The second-order valence-corrected chi connectivity index (χ2v) is 4.58. The van der Waals surface area contributed by atoms with Gasteiger partial charge in [-0.25, -0.2) is 4.79 Å². The number of methoxy groups -OCH3 is 3. The predicted molar refractivity (Wildman–Crippen MR) is 81.1 cm³/mol. The van der Waals surface area contributed by atoms with Crippen molar-refractivity contribution in [2.24, 2.45) is 0 Å². The molecule has 0 bridgehead atoms. The van der Waals surface area contributed by atoms with Crippen LogP contribution in [0.25, 0.3) is 11.1 Å². The van der Waals surface area contributed by atoms with E-state index in [4.69, 9.17) is 14.2 Å². The van der Waals surface area contributed by atoms with Crippen molar-refractivity contribution in [2.45, 2.75) is 6.92 Å². The van der Waals surface area contributed by atoms with Crippen LogP contribution in [0.2, 0.25) is 0 Å². The van der Waals surface area contributed by atoms with Gasteiger partial charge in [0, 0.05) is 0 Å². The summed E-state index contributed by atoms with van der Waals surface area (Å²) >= 11 is 0. The summed E-state index contributed by atoms with van der Waals surface area (Å²) in [7, 11) is 4.56. The van der Waals surface area contributed by atoms with Crippen molar-refractivity contribution in [1.82, 2.24) is 0 Å². The van der Waals surface area contributed by atoms with Crippen molar-refractivity contribution in [3.05, 3.63) is 47.5 Å². The van der Waals surface area contributed by atoms with Crippen LogP contribution in [0.5, 0.6) is 11.5 Å². The molecule has 0 atom stereocenters. The van der Waals surface area contributed by atoms with Gasteiger partial charge in [0.15, 0.2) is 0 Å². The molecule has 2 aromatic rings. The molecule has 0 aliphatic carbocycles. The lowest BCUT2D eigenvalue weighted by molar-refractivity contribution is 0.0601. The highest BCUT2D eigenvalue weighted by atomic mass is 16.5. The van der Waals surface area contributed by atoms with E-state index in [9.17, 15) is 4.79 Å². The molecule has 0 aliphatic heterocycles. The van der Waals surface area contributed by atoms with E-state index >= 15 is 0 Å². The van der Waals surface area contributed by atoms with Crippen LogP contribution >= 0.6 is 0 Å². The summed E-state index contributed by atoms with van der Waals surface area (Å²) in [6.45, 7) is 1.98. The quantitative estimate of drug-likeness (QED) is 0.807. The van der Waals surface area contributed by atoms with Crippen LogP contribution < -0.4 is 9.47 Å². The summed E-state index contributed by atoms with van der Waals surface area (Å²) in [6.07, 6.45) is 0. The van der Waals surface area contributed by atoms with Crippen LogP contribution in [-0.2, 0) is 4.74 Å². The summed E-state index contributed by atoms with van der Waals surface area (Å²) in [4.78, 5) is 12.0. The Morgan fingerprint density at radius 2 is 1.43 bits per heavy atom. The molecule has 0 amide bonds. The fraction of sp³-hybridized carbons (Fsp3) is 0.235. The maximum atomic E-state index is 12.0. The minimum absolute atomic E-state index is 0.390. The molecule has 0 heterocycles. The molecule has 2 rings (SSSR count). The van der Waals surface area contributed by atoms with Gasteiger partial charge in [0.1, 0.15) is 11.5 Å². The SMILES string of the molecule is COC(=O)c1cc(OC)ccc1-c1ccc(OC)cc1C. The highest BCUT2D eigenvalue weighted by Crippen LogP contribution is 2.32. The van der Waals surface area contributed by atoms with Gasteiger partial charge in [-0.3, -0.25) is 0 Å². The summed E-state index contributed by atoms with van der Waals surface area (Å²) in [5, 5.41) is 0. The van der Waals surface area contributed by atoms with E-state index in [0.717, 1.165) is 22.4 Å². The van der Waals surface area contributed by atoms with Crippen molar-refractivity contribution >= 4 is 5.97 Å². The van der Waals surface area contributed by atoms with Gasteiger partial charge in [-0.2, -0.15) is 0 Å². The molecule has 0 unspecified atom stereocenters. The van der Waals surface area contributed by atoms with Gasteiger partial charge in [0.25, 0.3) is 0 Å². The minimum atomic E-state index is -0.390. The highest BCUT2D eigenvalue weighted by molar-refractivity contribution is 5.98. The molecule has 110 valence electrons. The second kappa shape index (κ2) is 6.31. The normalized spacial score (nSPS) is 10.1. The Morgan fingerprint density at radius 3 is 1.95 bits per heavy atom. The fourth-order valence-corrected chi connectivity index (χ4v) is 2.23.